The predicted molar refractivity (Wildman–Crippen MR) is 105 cm³/mol. The molecule has 0 saturated heterocycles. The van der Waals surface area contributed by atoms with Crippen LogP contribution >= 0.6 is 0 Å². The molecule has 1 aromatic heterocycles. The van der Waals surface area contributed by atoms with Gasteiger partial charge in [-0.2, -0.15) is 4.98 Å². The average molecular weight is 392 g/mol. The Hall–Kier alpha value is -3.68. The first-order valence-electron chi connectivity index (χ1n) is 9.38. The summed E-state index contributed by atoms with van der Waals surface area (Å²) in [5.74, 6) is 0.311. The Labute approximate surface area is 167 Å². The first kappa shape index (κ1) is 18.7. The molecule has 148 valence electrons. The predicted octanol–water partition coefficient (Wildman–Crippen LogP) is 2.51. The minimum atomic E-state index is -0.420. The Morgan fingerprint density at radius 1 is 1.17 bits per heavy atom. The van der Waals surface area contributed by atoms with Gasteiger partial charge >= 0.3 is 11.8 Å². The molecule has 1 aliphatic heterocycles. The molecule has 2 N–H and O–H groups in total. The topological polar surface area (TPSA) is 106 Å². The summed E-state index contributed by atoms with van der Waals surface area (Å²) >= 11 is 0. The SMILES string of the molecule is O=C1CCc2ccc(OCc3noc(C(=O)NCCc4ccccc4)n3)cc2N1. The Morgan fingerprint density at radius 3 is 2.90 bits per heavy atom. The molecule has 0 bridgehead atoms. The second-order valence-corrected chi connectivity index (χ2v) is 6.66. The van der Waals surface area contributed by atoms with Crippen LogP contribution in [0.3, 0.4) is 0 Å². The van der Waals surface area contributed by atoms with E-state index in [0.717, 1.165) is 23.2 Å². The van der Waals surface area contributed by atoms with Gasteiger partial charge in [0.1, 0.15) is 5.75 Å². The molecule has 1 aliphatic rings. The maximum atomic E-state index is 12.1. The number of hydrogen-bond acceptors (Lipinski definition) is 6. The van der Waals surface area contributed by atoms with Crippen LogP contribution in [0.5, 0.6) is 5.75 Å². The highest BCUT2D eigenvalue weighted by Crippen LogP contribution is 2.27. The molecule has 0 atom stereocenters. The molecule has 8 nitrogen and oxygen atoms in total. The lowest BCUT2D eigenvalue weighted by Gasteiger charge is -2.17. The van der Waals surface area contributed by atoms with E-state index >= 15 is 0 Å². The van der Waals surface area contributed by atoms with Crippen LogP contribution in [0.25, 0.3) is 0 Å². The zero-order valence-electron chi connectivity index (χ0n) is 15.7. The van der Waals surface area contributed by atoms with Gasteiger partial charge < -0.3 is 19.9 Å². The number of carbonyl (C=O) groups excluding carboxylic acids is 2. The molecule has 29 heavy (non-hydrogen) atoms. The van der Waals surface area contributed by atoms with Crippen LogP contribution in [0.1, 0.15) is 34.1 Å². The maximum absolute atomic E-state index is 12.1. The fourth-order valence-electron chi connectivity index (χ4n) is 3.03. The number of carbonyl (C=O) groups is 2. The summed E-state index contributed by atoms with van der Waals surface area (Å²) in [7, 11) is 0. The van der Waals surface area contributed by atoms with E-state index in [-0.39, 0.29) is 24.2 Å². The number of hydrogen-bond donors (Lipinski definition) is 2. The van der Waals surface area contributed by atoms with Crippen LogP contribution in [0, 0.1) is 0 Å². The van der Waals surface area contributed by atoms with Gasteiger partial charge in [0, 0.05) is 24.7 Å². The van der Waals surface area contributed by atoms with Crippen molar-refractivity contribution in [2.24, 2.45) is 0 Å². The Balaban J connectivity index is 1.28. The summed E-state index contributed by atoms with van der Waals surface area (Å²) < 4.78 is 10.7. The molecule has 2 heterocycles. The normalized spacial score (nSPS) is 12.8. The lowest BCUT2D eigenvalue weighted by molar-refractivity contribution is -0.116. The molecule has 2 amide bonds. The molecule has 8 heteroatoms. The van der Waals surface area contributed by atoms with Gasteiger partial charge in [0.05, 0.1) is 0 Å². The zero-order chi connectivity index (χ0) is 20.1. The fraction of sp³-hybridized carbons (Fsp3) is 0.238. The van der Waals surface area contributed by atoms with E-state index in [1.54, 1.807) is 6.07 Å². The van der Waals surface area contributed by atoms with E-state index in [0.29, 0.717) is 25.1 Å². The van der Waals surface area contributed by atoms with Crippen molar-refractivity contribution in [1.82, 2.24) is 15.5 Å². The number of nitrogens with zero attached hydrogens (tertiary/aromatic N) is 2. The highest BCUT2D eigenvalue weighted by atomic mass is 16.5. The van der Waals surface area contributed by atoms with Gasteiger partial charge in [-0.1, -0.05) is 41.6 Å². The van der Waals surface area contributed by atoms with Gasteiger partial charge in [-0.25, -0.2) is 0 Å². The summed E-state index contributed by atoms with van der Waals surface area (Å²) in [6.45, 7) is 0.519. The summed E-state index contributed by atoms with van der Waals surface area (Å²) in [5, 5.41) is 9.36. The molecule has 0 saturated carbocycles. The third-order valence-corrected chi connectivity index (χ3v) is 4.55. The van der Waals surface area contributed by atoms with E-state index in [2.05, 4.69) is 20.8 Å². The van der Waals surface area contributed by atoms with Crippen molar-refractivity contribution in [1.29, 1.82) is 0 Å². The molecule has 0 spiro atoms. The number of nitrogens with one attached hydrogen (secondary N) is 2. The molecular weight excluding hydrogens is 372 g/mol. The standard InChI is InChI=1S/C21H20N4O4/c26-19-9-7-15-6-8-16(12-17(15)23-19)28-13-18-24-21(29-25-18)20(27)22-11-10-14-4-2-1-3-5-14/h1-6,8,12H,7,9-11,13H2,(H,22,27)(H,23,26). The number of ether oxygens (including phenoxy) is 1. The van der Waals surface area contributed by atoms with E-state index in [9.17, 15) is 9.59 Å². The van der Waals surface area contributed by atoms with E-state index in [1.165, 1.54) is 0 Å². The van der Waals surface area contributed by atoms with Crippen LogP contribution in [0.15, 0.2) is 53.1 Å². The number of rotatable bonds is 7. The van der Waals surface area contributed by atoms with Crippen molar-refractivity contribution < 1.29 is 18.8 Å². The second-order valence-electron chi connectivity index (χ2n) is 6.66. The van der Waals surface area contributed by atoms with Gasteiger partial charge in [0.15, 0.2) is 6.61 Å². The van der Waals surface area contributed by atoms with Gasteiger partial charge in [-0.05, 0) is 30.0 Å². The lowest BCUT2D eigenvalue weighted by atomic mass is 10.0. The summed E-state index contributed by atoms with van der Waals surface area (Å²) in [4.78, 5) is 27.7. The average Bonchev–Trinajstić information content (AvgIpc) is 3.22. The number of amides is 2. The number of anilines is 1. The summed E-state index contributed by atoms with van der Waals surface area (Å²) in [6.07, 6.45) is 1.92. The van der Waals surface area contributed by atoms with Crippen molar-refractivity contribution in [3.05, 3.63) is 71.4 Å². The quantitative estimate of drug-likeness (QED) is 0.640. The molecule has 0 radical (unpaired) electrons. The lowest BCUT2D eigenvalue weighted by Crippen LogP contribution is -2.26. The minimum Gasteiger partial charge on any atom is -0.485 e. The largest absolute Gasteiger partial charge is 0.485 e. The molecule has 2 aromatic carbocycles. The highest BCUT2D eigenvalue weighted by Gasteiger charge is 2.17. The number of fused-ring (bicyclic) bond motifs is 1. The third kappa shape index (κ3) is 4.78. The van der Waals surface area contributed by atoms with Crippen molar-refractivity contribution in [3.8, 4) is 5.75 Å². The van der Waals surface area contributed by atoms with Crippen LogP contribution in [-0.2, 0) is 24.2 Å². The monoisotopic (exact) mass is 392 g/mol. The highest BCUT2D eigenvalue weighted by molar-refractivity contribution is 5.94. The first-order valence-corrected chi connectivity index (χ1v) is 9.38. The van der Waals surface area contributed by atoms with Crippen molar-refractivity contribution in [2.45, 2.75) is 25.9 Å². The van der Waals surface area contributed by atoms with E-state index in [1.807, 2.05) is 42.5 Å². The van der Waals surface area contributed by atoms with Gasteiger partial charge in [0.25, 0.3) is 0 Å². The van der Waals surface area contributed by atoms with Crippen LogP contribution in [0.4, 0.5) is 5.69 Å². The van der Waals surface area contributed by atoms with Crippen LogP contribution in [-0.4, -0.2) is 28.5 Å². The molecule has 4 rings (SSSR count). The zero-order valence-corrected chi connectivity index (χ0v) is 15.7. The molecule has 3 aromatic rings. The van der Waals surface area contributed by atoms with Crippen LogP contribution in [0.2, 0.25) is 0 Å². The Bertz CT molecular complexity index is 1020. The number of aromatic nitrogens is 2. The van der Waals surface area contributed by atoms with Crippen molar-refractivity contribution in [2.75, 3.05) is 11.9 Å². The van der Waals surface area contributed by atoms with Gasteiger partial charge in [0.2, 0.25) is 11.7 Å². The van der Waals surface area contributed by atoms with E-state index in [4.69, 9.17) is 9.26 Å². The molecule has 0 unspecified atom stereocenters. The molecule has 0 aliphatic carbocycles. The maximum Gasteiger partial charge on any atom is 0.316 e. The first-order chi connectivity index (χ1) is 14.2. The Kier molecular flexibility index (Phi) is 5.51. The minimum absolute atomic E-state index is 0.00395. The van der Waals surface area contributed by atoms with Crippen LogP contribution < -0.4 is 15.4 Å². The second kappa shape index (κ2) is 8.55. The van der Waals surface area contributed by atoms with Crippen molar-refractivity contribution >= 4 is 17.5 Å². The summed E-state index contributed by atoms with van der Waals surface area (Å²) in [5.41, 5.74) is 2.96. The Morgan fingerprint density at radius 2 is 2.03 bits per heavy atom. The molecular formula is C21H20N4O4. The van der Waals surface area contributed by atoms with E-state index < -0.39 is 5.91 Å². The third-order valence-electron chi connectivity index (χ3n) is 4.55. The van der Waals surface area contributed by atoms with Gasteiger partial charge in [-0.3, -0.25) is 9.59 Å². The fourth-order valence-corrected chi connectivity index (χ4v) is 3.03. The molecule has 0 fully saturated rings. The smallest absolute Gasteiger partial charge is 0.316 e. The number of benzene rings is 2. The number of aryl methyl sites for hydroxylation is 1. The van der Waals surface area contributed by atoms with Gasteiger partial charge in [-0.15, -0.1) is 0 Å². The van der Waals surface area contributed by atoms with Crippen molar-refractivity contribution in [3.63, 3.8) is 0 Å². The summed E-state index contributed by atoms with van der Waals surface area (Å²) in [6, 6.07) is 15.4.